The lowest BCUT2D eigenvalue weighted by molar-refractivity contribution is -0.893. The van der Waals surface area contributed by atoms with Gasteiger partial charge in [-0.2, -0.15) is 8.42 Å². The second-order valence-corrected chi connectivity index (χ2v) is 13.2. The van der Waals surface area contributed by atoms with E-state index in [1.807, 2.05) is 14.1 Å². The van der Waals surface area contributed by atoms with Crippen molar-refractivity contribution in [3.05, 3.63) is 0 Å². The predicted octanol–water partition coefficient (Wildman–Crippen LogP) is 7.91. The van der Waals surface area contributed by atoms with Gasteiger partial charge in [-0.3, -0.25) is 4.55 Å². The van der Waals surface area contributed by atoms with Crippen molar-refractivity contribution in [1.29, 1.82) is 0 Å². The van der Waals surface area contributed by atoms with Crippen LogP contribution >= 0.6 is 0 Å². The fourth-order valence-corrected chi connectivity index (χ4v) is 5.70. The molecular formula is C29H62NO4S+. The maximum absolute atomic E-state index is 10.9. The first-order chi connectivity index (χ1) is 16.7. The Labute approximate surface area is 219 Å². The van der Waals surface area contributed by atoms with E-state index in [2.05, 4.69) is 6.92 Å². The molecule has 35 heavy (non-hydrogen) atoms. The largest absolute Gasteiger partial charge is 0.386 e. The van der Waals surface area contributed by atoms with Crippen LogP contribution in [0.3, 0.4) is 0 Å². The Morgan fingerprint density at radius 2 is 0.857 bits per heavy atom. The summed E-state index contributed by atoms with van der Waals surface area (Å²) in [6.45, 7) is 3.55. The quantitative estimate of drug-likeness (QED) is 0.0655. The summed E-state index contributed by atoms with van der Waals surface area (Å²) in [5, 5.41) is 9.84. The lowest BCUT2D eigenvalue weighted by Gasteiger charge is -2.31. The summed E-state index contributed by atoms with van der Waals surface area (Å²) >= 11 is 0. The molecule has 0 radical (unpaired) electrons. The summed E-state index contributed by atoms with van der Waals surface area (Å²) in [4.78, 5) is 0. The fourth-order valence-electron chi connectivity index (χ4n) is 5.11. The minimum atomic E-state index is -4.11. The van der Waals surface area contributed by atoms with E-state index in [9.17, 15) is 13.5 Å². The molecule has 5 nitrogen and oxygen atoms in total. The minimum absolute atomic E-state index is 0.346. The van der Waals surface area contributed by atoms with E-state index in [-0.39, 0.29) is 0 Å². The molecule has 0 amide bonds. The van der Waals surface area contributed by atoms with Gasteiger partial charge in [-0.15, -0.1) is 0 Å². The number of rotatable bonds is 27. The molecule has 0 aliphatic rings. The van der Waals surface area contributed by atoms with Crippen molar-refractivity contribution < 1.29 is 22.6 Å². The van der Waals surface area contributed by atoms with Crippen LogP contribution in [0.25, 0.3) is 0 Å². The topological polar surface area (TPSA) is 74.6 Å². The lowest BCUT2D eigenvalue weighted by Crippen LogP contribution is -2.47. The van der Waals surface area contributed by atoms with Crippen molar-refractivity contribution >= 4 is 10.1 Å². The van der Waals surface area contributed by atoms with E-state index in [1.165, 1.54) is 135 Å². The molecular weight excluding hydrogens is 458 g/mol. The molecule has 2 N–H and O–H groups in total. The highest BCUT2D eigenvalue weighted by atomic mass is 32.2. The van der Waals surface area contributed by atoms with E-state index < -0.39 is 22.0 Å². The molecule has 0 aromatic carbocycles. The molecule has 0 heterocycles. The van der Waals surface area contributed by atoms with Gasteiger partial charge >= 0.3 is 0 Å². The van der Waals surface area contributed by atoms with Crippen LogP contribution in [0.4, 0.5) is 0 Å². The molecule has 0 spiro atoms. The molecule has 6 heteroatoms. The van der Waals surface area contributed by atoms with E-state index in [4.69, 9.17) is 4.55 Å². The number of nitrogens with zero attached hydrogens (tertiary/aromatic N) is 1. The monoisotopic (exact) mass is 520 g/mol. The molecule has 0 aromatic heterocycles. The molecule has 0 aliphatic carbocycles. The SMILES string of the molecule is CCCCCCCCCCCCCCCCCCCCCCCC[N+](C)(C)CC(O)CS(=O)(=O)O. The zero-order chi connectivity index (χ0) is 26.3. The Hall–Kier alpha value is -0.170. The highest BCUT2D eigenvalue weighted by Crippen LogP contribution is 2.15. The van der Waals surface area contributed by atoms with E-state index >= 15 is 0 Å². The van der Waals surface area contributed by atoms with Crippen LogP contribution in [0.2, 0.25) is 0 Å². The van der Waals surface area contributed by atoms with Crippen LogP contribution in [0.1, 0.15) is 148 Å². The standard InChI is InChI=1S/C29H61NO4S/c1-4-5-6-7-8-9-10-11-12-13-14-15-16-17-18-19-20-21-22-23-24-25-26-30(2,3)27-29(31)28-35(32,33)34/h29,31H,4-28H2,1-3H3/p+1. The number of likely N-dealkylation sites (N-methyl/N-ethyl adjacent to an activating group) is 1. The van der Waals surface area contributed by atoms with Crippen molar-refractivity contribution in [3.8, 4) is 0 Å². The summed E-state index contributed by atoms with van der Waals surface area (Å²) in [6.07, 6.45) is 29.3. The number of aliphatic hydroxyl groups is 1. The van der Waals surface area contributed by atoms with Gasteiger partial charge in [0.1, 0.15) is 18.4 Å². The Balaban J connectivity index is 3.31. The summed E-state index contributed by atoms with van der Waals surface area (Å²) in [6, 6.07) is 0. The van der Waals surface area contributed by atoms with Crippen molar-refractivity contribution in [2.45, 2.75) is 154 Å². The first-order valence-corrected chi connectivity index (χ1v) is 16.7. The van der Waals surface area contributed by atoms with Gasteiger partial charge in [0.15, 0.2) is 0 Å². The molecule has 0 saturated carbocycles. The van der Waals surface area contributed by atoms with Crippen LogP contribution in [0.5, 0.6) is 0 Å². The third kappa shape index (κ3) is 28.3. The number of hydrogen-bond acceptors (Lipinski definition) is 3. The van der Waals surface area contributed by atoms with Gasteiger partial charge in [0, 0.05) is 0 Å². The highest BCUT2D eigenvalue weighted by molar-refractivity contribution is 7.85. The van der Waals surface area contributed by atoms with Crippen molar-refractivity contribution in [1.82, 2.24) is 0 Å². The van der Waals surface area contributed by atoms with Crippen LogP contribution in [-0.2, 0) is 10.1 Å². The smallest absolute Gasteiger partial charge is 0.267 e. The van der Waals surface area contributed by atoms with Gasteiger partial charge in [0.05, 0.1) is 20.6 Å². The molecule has 0 rings (SSSR count). The third-order valence-electron chi connectivity index (χ3n) is 7.22. The maximum atomic E-state index is 10.9. The molecule has 0 bridgehead atoms. The summed E-state index contributed by atoms with van der Waals surface area (Å²) in [5.41, 5.74) is 0. The molecule has 0 saturated heterocycles. The van der Waals surface area contributed by atoms with Crippen LogP contribution in [0, 0.1) is 0 Å². The third-order valence-corrected chi connectivity index (χ3v) is 8.03. The van der Waals surface area contributed by atoms with Crippen LogP contribution < -0.4 is 0 Å². The van der Waals surface area contributed by atoms with Crippen LogP contribution in [0.15, 0.2) is 0 Å². The zero-order valence-corrected chi connectivity index (χ0v) is 24.6. The van der Waals surface area contributed by atoms with Gasteiger partial charge < -0.3 is 9.59 Å². The number of aliphatic hydroxyl groups excluding tert-OH is 1. The Bertz CT molecular complexity index is 551. The summed E-state index contributed by atoms with van der Waals surface area (Å²) < 4.78 is 31.2. The van der Waals surface area contributed by atoms with Gasteiger partial charge in [0.2, 0.25) is 0 Å². The zero-order valence-electron chi connectivity index (χ0n) is 23.8. The van der Waals surface area contributed by atoms with Gasteiger partial charge in [-0.05, 0) is 12.8 Å². The highest BCUT2D eigenvalue weighted by Gasteiger charge is 2.23. The van der Waals surface area contributed by atoms with Gasteiger partial charge in [-0.1, -0.05) is 135 Å². The van der Waals surface area contributed by atoms with E-state index in [0.717, 1.165) is 13.0 Å². The van der Waals surface area contributed by atoms with E-state index in [1.54, 1.807) is 0 Å². The Morgan fingerprint density at radius 3 is 1.14 bits per heavy atom. The first kappa shape index (κ1) is 34.8. The Morgan fingerprint density at radius 1 is 0.571 bits per heavy atom. The van der Waals surface area contributed by atoms with Crippen molar-refractivity contribution in [2.75, 3.05) is 32.9 Å². The molecule has 0 fully saturated rings. The number of hydrogen-bond donors (Lipinski definition) is 2. The lowest BCUT2D eigenvalue weighted by atomic mass is 10.0. The molecule has 1 unspecified atom stereocenters. The van der Waals surface area contributed by atoms with Crippen molar-refractivity contribution in [3.63, 3.8) is 0 Å². The Kier molecular flexibility index (Phi) is 22.9. The normalized spacial score (nSPS) is 13.4. The first-order valence-electron chi connectivity index (χ1n) is 15.1. The van der Waals surface area contributed by atoms with Gasteiger partial charge in [-0.25, -0.2) is 0 Å². The average molecular weight is 521 g/mol. The number of quaternary nitrogens is 1. The van der Waals surface area contributed by atoms with Crippen molar-refractivity contribution in [2.24, 2.45) is 0 Å². The molecule has 212 valence electrons. The molecule has 0 aromatic rings. The molecule has 0 aliphatic heterocycles. The molecule has 1 atom stereocenters. The average Bonchev–Trinajstić information content (AvgIpc) is 2.75. The summed E-state index contributed by atoms with van der Waals surface area (Å²) in [7, 11) is -0.103. The second kappa shape index (κ2) is 23.0. The van der Waals surface area contributed by atoms with E-state index in [0.29, 0.717) is 11.0 Å². The number of unbranched alkanes of at least 4 members (excludes halogenated alkanes) is 21. The van der Waals surface area contributed by atoms with Gasteiger partial charge in [0.25, 0.3) is 10.1 Å². The van der Waals surface area contributed by atoms with Crippen LogP contribution in [-0.4, -0.2) is 61.6 Å². The summed E-state index contributed by atoms with van der Waals surface area (Å²) in [5.74, 6) is -0.575. The maximum Gasteiger partial charge on any atom is 0.267 e. The predicted molar refractivity (Wildman–Crippen MR) is 152 cm³/mol. The second-order valence-electron chi connectivity index (χ2n) is 11.7. The fraction of sp³-hybridized carbons (Fsp3) is 1.00. The minimum Gasteiger partial charge on any atom is -0.386 e.